The molecule has 0 saturated heterocycles. The molecule has 0 heterocycles. The third-order valence-electron chi connectivity index (χ3n) is 6.70. The van der Waals surface area contributed by atoms with Gasteiger partial charge in [-0.3, -0.25) is 0 Å². The van der Waals surface area contributed by atoms with E-state index in [1.807, 2.05) is 0 Å². The zero-order valence-electron chi connectivity index (χ0n) is 23.8. The Hall–Kier alpha value is -0.423. The van der Waals surface area contributed by atoms with Crippen molar-refractivity contribution in [2.24, 2.45) is 0 Å². The van der Waals surface area contributed by atoms with E-state index >= 15 is 0 Å². The van der Waals surface area contributed by atoms with E-state index in [0.717, 1.165) is 32.6 Å². The van der Waals surface area contributed by atoms with Gasteiger partial charge in [0, 0.05) is 13.2 Å². The van der Waals surface area contributed by atoms with Gasteiger partial charge in [0.15, 0.2) is 8.32 Å². The number of allylic oxidation sites excluding steroid dienone is 4. The number of ether oxygens (including phenoxy) is 1. The summed E-state index contributed by atoms with van der Waals surface area (Å²) in [7, 11) is 2.51. The van der Waals surface area contributed by atoms with E-state index in [9.17, 15) is 0 Å². The molecule has 0 aromatic rings. The van der Waals surface area contributed by atoms with Crippen LogP contribution in [0.3, 0.4) is 0 Å². The van der Waals surface area contributed by atoms with Crippen molar-refractivity contribution in [2.45, 2.75) is 129 Å². The van der Waals surface area contributed by atoms with Crippen LogP contribution in [0.4, 0.5) is 0 Å². The van der Waals surface area contributed by atoms with Gasteiger partial charge in [0.05, 0.1) is 12.7 Å². The zero-order valence-corrected chi connectivity index (χ0v) is 24.8. The first-order valence-corrected chi connectivity index (χ1v) is 16.7. The molecule has 33 heavy (non-hydrogen) atoms. The second-order valence-electron chi connectivity index (χ2n) is 11.4. The minimum Gasteiger partial charge on any atom is -0.414 e. The summed E-state index contributed by atoms with van der Waals surface area (Å²) in [4.78, 5) is 2.21. The summed E-state index contributed by atoms with van der Waals surface area (Å²) in [6.07, 6.45) is 24.9. The quantitative estimate of drug-likeness (QED) is 0.0928. The first-order valence-electron chi connectivity index (χ1n) is 13.8. The monoisotopic (exact) mass is 481 g/mol. The lowest BCUT2D eigenvalue weighted by Crippen LogP contribution is -2.44. The Morgan fingerprint density at radius 2 is 1.33 bits per heavy atom. The fourth-order valence-electron chi connectivity index (χ4n) is 3.42. The Bertz CT molecular complexity index is 494. The number of hydrogen-bond donors (Lipinski definition) is 0. The Kier molecular flexibility index (Phi) is 19.6. The molecule has 4 heteroatoms. The number of likely N-dealkylation sites (N-methyl/N-ethyl adjacent to an activating group) is 1. The normalized spacial score (nSPS) is 14.2. The van der Waals surface area contributed by atoms with Crippen LogP contribution in [0.25, 0.3) is 0 Å². The minimum atomic E-state index is -1.72. The van der Waals surface area contributed by atoms with E-state index in [0.29, 0.717) is 0 Å². The molecular weight excluding hydrogens is 422 g/mol. The zero-order chi connectivity index (χ0) is 25.0. The molecule has 0 rings (SSSR count). The SMILES string of the molecule is CCCCCC=CCC=CCCCCCCCCOC(CO[Si](C)(C)C(C)(C)C)CN(C)C. The Morgan fingerprint density at radius 1 is 0.788 bits per heavy atom. The molecule has 0 spiro atoms. The van der Waals surface area contributed by atoms with Gasteiger partial charge in [0.2, 0.25) is 0 Å². The van der Waals surface area contributed by atoms with Crippen LogP contribution in [0.15, 0.2) is 24.3 Å². The summed E-state index contributed by atoms with van der Waals surface area (Å²) in [6.45, 7) is 16.3. The van der Waals surface area contributed by atoms with Crippen LogP contribution >= 0.6 is 0 Å². The highest BCUT2D eigenvalue weighted by atomic mass is 28.4. The summed E-state index contributed by atoms with van der Waals surface area (Å²) in [5, 5.41) is 0.246. The fraction of sp³-hybridized carbons (Fsp3) is 0.862. The van der Waals surface area contributed by atoms with Crippen molar-refractivity contribution < 1.29 is 9.16 Å². The lowest BCUT2D eigenvalue weighted by Gasteiger charge is -2.37. The van der Waals surface area contributed by atoms with Crippen molar-refractivity contribution in [1.29, 1.82) is 0 Å². The Morgan fingerprint density at radius 3 is 1.88 bits per heavy atom. The molecule has 0 saturated carbocycles. The first-order chi connectivity index (χ1) is 15.6. The average Bonchev–Trinajstić information content (AvgIpc) is 2.73. The third-order valence-corrected chi connectivity index (χ3v) is 11.2. The molecule has 3 nitrogen and oxygen atoms in total. The van der Waals surface area contributed by atoms with Crippen LogP contribution in [0.5, 0.6) is 0 Å². The minimum absolute atomic E-state index is 0.173. The standard InChI is InChI=1S/C29H59NO2Si/c1-9-10-11-12-13-14-15-16-17-18-19-20-21-22-23-24-25-31-28(26-30(5)6)27-32-33(7,8)29(2,3)4/h13-14,16-17,28H,9-12,15,18-27H2,1-8H3. The van der Waals surface area contributed by atoms with Gasteiger partial charge < -0.3 is 14.1 Å². The maximum absolute atomic E-state index is 6.42. The van der Waals surface area contributed by atoms with Crippen LogP contribution in [-0.2, 0) is 9.16 Å². The van der Waals surface area contributed by atoms with Crippen molar-refractivity contribution in [3.05, 3.63) is 24.3 Å². The van der Waals surface area contributed by atoms with Gasteiger partial charge >= 0.3 is 0 Å². The number of rotatable bonds is 21. The largest absolute Gasteiger partial charge is 0.414 e. The van der Waals surface area contributed by atoms with Crippen LogP contribution in [0, 0.1) is 0 Å². The van der Waals surface area contributed by atoms with Crippen LogP contribution < -0.4 is 0 Å². The van der Waals surface area contributed by atoms with Crippen molar-refractivity contribution in [3.8, 4) is 0 Å². The summed E-state index contributed by atoms with van der Waals surface area (Å²) in [5.41, 5.74) is 0. The second-order valence-corrected chi connectivity index (χ2v) is 16.2. The molecular formula is C29H59NO2Si. The molecule has 0 aromatic heterocycles. The summed E-state index contributed by atoms with van der Waals surface area (Å²) < 4.78 is 12.6. The van der Waals surface area contributed by atoms with Gasteiger partial charge in [-0.1, -0.05) is 90.5 Å². The molecule has 0 amide bonds. The molecule has 0 aliphatic heterocycles. The summed E-state index contributed by atoms with van der Waals surface area (Å²) in [6, 6.07) is 0. The lowest BCUT2D eigenvalue weighted by atomic mass is 10.1. The van der Waals surface area contributed by atoms with Gasteiger partial charge in [0.25, 0.3) is 0 Å². The van der Waals surface area contributed by atoms with Crippen molar-refractivity contribution in [3.63, 3.8) is 0 Å². The highest BCUT2D eigenvalue weighted by Crippen LogP contribution is 2.36. The van der Waals surface area contributed by atoms with Gasteiger partial charge in [-0.2, -0.15) is 0 Å². The summed E-state index contributed by atoms with van der Waals surface area (Å²) >= 11 is 0. The van der Waals surface area contributed by atoms with Gasteiger partial charge in [-0.15, -0.1) is 0 Å². The second kappa shape index (κ2) is 19.8. The van der Waals surface area contributed by atoms with Crippen molar-refractivity contribution >= 4 is 8.32 Å². The van der Waals surface area contributed by atoms with E-state index < -0.39 is 8.32 Å². The summed E-state index contributed by atoms with van der Waals surface area (Å²) in [5.74, 6) is 0. The molecule has 0 aliphatic carbocycles. The lowest BCUT2D eigenvalue weighted by molar-refractivity contribution is 0.00101. The third kappa shape index (κ3) is 19.6. The number of hydrogen-bond acceptors (Lipinski definition) is 3. The van der Waals surface area contributed by atoms with E-state index in [1.165, 1.54) is 64.2 Å². The smallest absolute Gasteiger partial charge is 0.192 e. The molecule has 0 aliphatic rings. The molecule has 0 aromatic carbocycles. The first kappa shape index (κ1) is 32.6. The molecule has 196 valence electrons. The molecule has 1 unspecified atom stereocenters. The Balaban J connectivity index is 3.77. The van der Waals surface area contributed by atoms with Crippen LogP contribution in [0.2, 0.25) is 18.1 Å². The predicted octanol–water partition coefficient (Wildman–Crippen LogP) is 8.77. The number of unbranched alkanes of at least 4 members (excludes halogenated alkanes) is 9. The van der Waals surface area contributed by atoms with Gasteiger partial charge in [-0.05, 0) is 70.8 Å². The predicted molar refractivity (Wildman–Crippen MR) is 151 cm³/mol. The average molecular weight is 482 g/mol. The highest BCUT2D eigenvalue weighted by Gasteiger charge is 2.37. The van der Waals surface area contributed by atoms with Crippen molar-refractivity contribution in [1.82, 2.24) is 4.90 Å². The fourth-order valence-corrected chi connectivity index (χ4v) is 4.45. The van der Waals surface area contributed by atoms with Gasteiger partial charge in [0.1, 0.15) is 0 Å². The van der Waals surface area contributed by atoms with E-state index in [-0.39, 0.29) is 11.1 Å². The number of nitrogens with zero attached hydrogens (tertiary/aromatic N) is 1. The van der Waals surface area contributed by atoms with Crippen molar-refractivity contribution in [2.75, 3.05) is 33.9 Å². The topological polar surface area (TPSA) is 21.7 Å². The van der Waals surface area contributed by atoms with Crippen LogP contribution in [-0.4, -0.2) is 53.2 Å². The highest BCUT2D eigenvalue weighted by molar-refractivity contribution is 6.74. The molecule has 0 fully saturated rings. The van der Waals surface area contributed by atoms with E-state index in [4.69, 9.17) is 9.16 Å². The maximum atomic E-state index is 6.42. The van der Waals surface area contributed by atoms with E-state index in [2.05, 4.69) is 84.1 Å². The van der Waals surface area contributed by atoms with Gasteiger partial charge in [-0.25, -0.2) is 0 Å². The maximum Gasteiger partial charge on any atom is 0.192 e. The molecule has 0 bridgehead atoms. The molecule has 0 N–H and O–H groups in total. The van der Waals surface area contributed by atoms with E-state index in [1.54, 1.807) is 0 Å². The molecule has 0 radical (unpaired) electrons. The van der Waals surface area contributed by atoms with Crippen LogP contribution in [0.1, 0.15) is 105 Å². The molecule has 1 atom stereocenters. The Labute approximate surface area is 209 Å².